The summed E-state index contributed by atoms with van der Waals surface area (Å²) in [5.74, 6) is 0.571. The van der Waals surface area contributed by atoms with E-state index in [0.29, 0.717) is 5.92 Å². The van der Waals surface area contributed by atoms with E-state index >= 15 is 0 Å². The second-order valence-corrected chi connectivity index (χ2v) is 4.26. The SMILES string of the molecule is CCCCn1cc[n+](CC(C)COC)c1. The van der Waals surface area contributed by atoms with Crippen molar-refractivity contribution < 1.29 is 9.30 Å². The Bertz CT molecular complexity index is 270. The van der Waals surface area contributed by atoms with E-state index in [2.05, 4.69) is 41.7 Å². The van der Waals surface area contributed by atoms with Gasteiger partial charge in [0.15, 0.2) is 0 Å². The first kappa shape index (κ1) is 12.2. The van der Waals surface area contributed by atoms with Crippen molar-refractivity contribution in [2.45, 2.75) is 39.8 Å². The quantitative estimate of drug-likeness (QED) is 0.630. The number of unbranched alkanes of at least 4 members (excludes halogenated alkanes) is 1. The molecule has 0 spiro atoms. The van der Waals surface area contributed by atoms with Gasteiger partial charge < -0.3 is 4.74 Å². The Balaban J connectivity index is 2.38. The van der Waals surface area contributed by atoms with E-state index in [4.69, 9.17) is 4.74 Å². The molecule has 0 saturated carbocycles. The van der Waals surface area contributed by atoms with Gasteiger partial charge in [0.2, 0.25) is 6.33 Å². The Labute approximate surface area is 92.7 Å². The lowest BCUT2D eigenvalue weighted by atomic mass is 10.2. The molecule has 3 nitrogen and oxygen atoms in total. The van der Waals surface area contributed by atoms with Gasteiger partial charge in [-0.05, 0) is 6.42 Å². The van der Waals surface area contributed by atoms with Gasteiger partial charge in [0, 0.05) is 13.0 Å². The van der Waals surface area contributed by atoms with E-state index in [-0.39, 0.29) is 0 Å². The van der Waals surface area contributed by atoms with E-state index in [1.165, 1.54) is 12.8 Å². The molecule has 0 aliphatic heterocycles. The third-order valence-corrected chi connectivity index (χ3v) is 2.49. The zero-order valence-corrected chi connectivity index (χ0v) is 10.1. The molecule has 3 heteroatoms. The molecule has 1 heterocycles. The lowest BCUT2D eigenvalue weighted by Crippen LogP contribution is -2.35. The third kappa shape index (κ3) is 4.47. The van der Waals surface area contributed by atoms with Crippen LogP contribution in [-0.4, -0.2) is 18.3 Å². The number of aromatic nitrogens is 2. The number of imidazole rings is 1. The topological polar surface area (TPSA) is 18.0 Å². The fourth-order valence-corrected chi connectivity index (χ4v) is 1.72. The highest BCUT2D eigenvalue weighted by Gasteiger charge is 2.08. The highest BCUT2D eigenvalue weighted by molar-refractivity contribution is 4.66. The van der Waals surface area contributed by atoms with Gasteiger partial charge in [-0.2, -0.15) is 0 Å². The van der Waals surface area contributed by atoms with E-state index < -0.39 is 0 Å². The molecule has 1 aromatic rings. The lowest BCUT2D eigenvalue weighted by Gasteiger charge is -2.06. The molecule has 0 fully saturated rings. The van der Waals surface area contributed by atoms with Crippen LogP contribution in [0.25, 0.3) is 0 Å². The van der Waals surface area contributed by atoms with Crippen LogP contribution < -0.4 is 4.57 Å². The smallest absolute Gasteiger partial charge is 0.243 e. The molecule has 0 N–H and O–H groups in total. The van der Waals surface area contributed by atoms with Crippen LogP contribution in [-0.2, 0) is 17.8 Å². The molecular formula is C12H23N2O+. The Kier molecular flexibility index (Phi) is 5.40. The largest absolute Gasteiger partial charge is 0.384 e. The Hall–Kier alpha value is -0.830. The second-order valence-electron chi connectivity index (χ2n) is 4.26. The third-order valence-electron chi connectivity index (χ3n) is 2.49. The minimum atomic E-state index is 0.571. The van der Waals surface area contributed by atoms with Gasteiger partial charge in [0.05, 0.1) is 19.7 Å². The summed E-state index contributed by atoms with van der Waals surface area (Å²) in [6, 6.07) is 0. The molecule has 0 saturated heterocycles. The first-order valence-corrected chi connectivity index (χ1v) is 5.80. The fraction of sp³-hybridized carbons (Fsp3) is 0.750. The summed E-state index contributed by atoms with van der Waals surface area (Å²) >= 11 is 0. The predicted molar refractivity (Wildman–Crippen MR) is 60.6 cm³/mol. The summed E-state index contributed by atoms with van der Waals surface area (Å²) in [7, 11) is 1.76. The molecule has 0 aliphatic rings. The van der Waals surface area contributed by atoms with Crippen molar-refractivity contribution in [2.24, 2.45) is 5.92 Å². The molecule has 1 aromatic heterocycles. The maximum absolute atomic E-state index is 5.13. The van der Waals surface area contributed by atoms with Gasteiger partial charge in [-0.1, -0.05) is 20.3 Å². The average molecular weight is 211 g/mol. The van der Waals surface area contributed by atoms with Gasteiger partial charge >= 0.3 is 0 Å². The van der Waals surface area contributed by atoms with E-state index in [0.717, 1.165) is 19.7 Å². The molecular weight excluding hydrogens is 188 g/mol. The Morgan fingerprint density at radius 1 is 1.47 bits per heavy atom. The van der Waals surface area contributed by atoms with Gasteiger partial charge in [0.25, 0.3) is 0 Å². The summed E-state index contributed by atoms with van der Waals surface area (Å²) in [6.45, 7) is 7.42. The first-order valence-electron chi connectivity index (χ1n) is 5.80. The summed E-state index contributed by atoms with van der Waals surface area (Å²) in [5, 5.41) is 0. The maximum atomic E-state index is 5.13. The van der Waals surface area contributed by atoms with Crippen LogP contribution in [0.3, 0.4) is 0 Å². The molecule has 1 atom stereocenters. The number of ether oxygens (including phenoxy) is 1. The van der Waals surface area contributed by atoms with Gasteiger partial charge in [0.1, 0.15) is 12.4 Å². The van der Waals surface area contributed by atoms with Crippen molar-refractivity contribution in [3.63, 3.8) is 0 Å². The van der Waals surface area contributed by atoms with Crippen LogP contribution in [0.1, 0.15) is 26.7 Å². The maximum Gasteiger partial charge on any atom is 0.243 e. The van der Waals surface area contributed by atoms with Crippen molar-refractivity contribution in [1.29, 1.82) is 0 Å². The van der Waals surface area contributed by atoms with Gasteiger partial charge in [-0.15, -0.1) is 0 Å². The molecule has 0 radical (unpaired) electrons. The minimum absolute atomic E-state index is 0.571. The Morgan fingerprint density at radius 3 is 2.93 bits per heavy atom. The normalized spacial score (nSPS) is 13.0. The lowest BCUT2D eigenvalue weighted by molar-refractivity contribution is -0.702. The summed E-state index contributed by atoms with van der Waals surface area (Å²) in [6.07, 6.45) is 8.97. The van der Waals surface area contributed by atoms with Crippen LogP contribution in [0.4, 0.5) is 0 Å². The molecule has 0 aliphatic carbocycles. The van der Waals surface area contributed by atoms with Gasteiger partial charge in [-0.3, -0.25) is 0 Å². The predicted octanol–water partition coefficient (Wildman–Crippen LogP) is 1.86. The monoisotopic (exact) mass is 211 g/mol. The number of aryl methyl sites for hydroxylation is 1. The molecule has 15 heavy (non-hydrogen) atoms. The van der Waals surface area contributed by atoms with Gasteiger partial charge in [-0.25, -0.2) is 9.13 Å². The van der Waals surface area contributed by atoms with Crippen LogP contribution in [0.2, 0.25) is 0 Å². The highest BCUT2D eigenvalue weighted by atomic mass is 16.5. The highest BCUT2D eigenvalue weighted by Crippen LogP contribution is 1.97. The molecule has 0 aromatic carbocycles. The van der Waals surface area contributed by atoms with Crippen molar-refractivity contribution >= 4 is 0 Å². The van der Waals surface area contributed by atoms with E-state index in [9.17, 15) is 0 Å². The number of methoxy groups -OCH3 is 1. The molecule has 0 bridgehead atoms. The van der Waals surface area contributed by atoms with E-state index in [1.807, 2.05) is 0 Å². The van der Waals surface area contributed by atoms with Crippen LogP contribution in [0.15, 0.2) is 18.7 Å². The molecule has 1 rings (SSSR count). The first-order chi connectivity index (χ1) is 7.26. The number of hydrogen-bond donors (Lipinski definition) is 0. The van der Waals surface area contributed by atoms with Crippen molar-refractivity contribution in [3.05, 3.63) is 18.7 Å². The number of nitrogens with zero attached hydrogens (tertiary/aromatic N) is 2. The average Bonchev–Trinajstić information content (AvgIpc) is 2.63. The van der Waals surface area contributed by atoms with Crippen LogP contribution >= 0.6 is 0 Å². The fourth-order valence-electron chi connectivity index (χ4n) is 1.72. The Morgan fingerprint density at radius 2 is 2.27 bits per heavy atom. The summed E-state index contributed by atoms with van der Waals surface area (Å²) < 4.78 is 9.62. The molecule has 86 valence electrons. The zero-order chi connectivity index (χ0) is 11.1. The van der Waals surface area contributed by atoms with Crippen molar-refractivity contribution in [1.82, 2.24) is 4.57 Å². The summed E-state index contributed by atoms with van der Waals surface area (Å²) in [4.78, 5) is 0. The minimum Gasteiger partial charge on any atom is -0.384 e. The zero-order valence-electron chi connectivity index (χ0n) is 10.1. The van der Waals surface area contributed by atoms with Crippen LogP contribution in [0.5, 0.6) is 0 Å². The van der Waals surface area contributed by atoms with Crippen molar-refractivity contribution in [2.75, 3.05) is 13.7 Å². The second kappa shape index (κ2) is 6.62. The number of hydrogen-bond acceptors (Lipinski definition) is 1. The molecule has 0 amide bonds. The van der Waals surface area contributed by atoms with Crippen LogP contribution in [0, 0.1) is 5.92 Å². The van der Waals surface area contributed by atoms with E-state index in [1.54, 1.807) is 7.11 Å². The van der Waals surface area contributed by atoms with Crippen molar-refractivity contribution in [3.8, 4) is 0 Å². The number of rotatable bonds is 7. The summed E-state index contributed by atoms with van der Waals surface area (Å²) in [5.41, 5.74) is 0. The molecule has 1 unspecified atom stereocenters. The standard InChI is InChI=1S/C12H23N2O/c1-4-5-6-13-7-8-14(11-13)9-12(2)10-15-3/h7-8,11-12H,4-6,9-10H2,1-3H3/q+1.